The summed E-state index contributed by atoms with van der Waals surface area (Å²) in [5, 5.41) is 32.4. The SMILES string of the molecule is C=O.Cc1ccc(O)cc1.Cc1cccc(O)c1.O=C(O)C(=O)O. The highest BCUT2D eigenvalue weighted by atomic mass is 16.4. The quantitative estimate of drug-likeness (QED) is 0.543. The molecule has 2 aromatic carbocycles. The van der Waals surface area contributed by atoms with Crippen molar-refractivity contribution < 1.29 is 34.8 Å². The van der Waals surface area contributed by atoms with Crippen LogP contribution in [0, 0.1) is 13.8 Å². The van der Waals surface area contributed by atoms with E-state index in [1.54, 1.807) is 24.3 Å². The van der Waals surface area contributed by atoms with E-state index < -0.39 is 11.9 Å². The van der Waals surface area contributed by atoms with Crippen LogP contribution in [0.3, 0.4) is 0 Å². The van der Waals surface area contributed by atoms with E-state index >= 15 is 0 Å². The van der Waals surface area contributed by atoms with E-state index in [1.165, 1.54) is 5.56 Å². The van der Waals surface area contributed by atoms with Gasteiger partial charge in [0.25, 0.3) is 0 Å². The molecule has 4 N–H and O–H groups in total. The number of hydrogen-bond acceptors (Lipinski definition) is 5. The number of hydrogen-bond donors (Lipinski definition) is 4. The van der Waals surface area contributed by atoms with Gasteiger partial charge >= 0.3 is 11.9 Å². The molecule has 2 aromatic rings. The van der Waals surface area contributed by atoms with Crippen molar-refractivity contribution in [3.8, 4) is 11.5 Å². The Bertz CT molecular complexity index is 571. The van der Waals surface area contributed by atoms with Crippen molar-refractivity contribution in [3.63, 3.8) is 0 Å². The van der Waals surface area contributed by atoms with Gasteiger partial charge < -0.3 is 25.2 Å². The smallest absolute Gasteiger partial charge is 0.414 e. The van der Waals surface area contributed by atoms with Crippen LogP contribution in [-0.4, -0.2) is 39.2 Å². The van der Waals surface area contributed by atoms with Crippen LogP contribution in [0.15, 0.2) is 48.5 Å². The fourth-order valence-corrected chi connectivity index (χ4v) is 1.17. The van der Waals surface area contributed by atoms with Gasteiger partial charge in [-0.15, -0.1) is 0 Å². The Balaban J connectivity index is 0. The average Bonchev–Trinajstić information content (AvgIpc) is 2.53. The van der Waals surface area contributed by atoms with Gasteiger partial charge in [0.05, 0.1) is 0 Å². The molecule has 0 saturated heterocycles. The molecule has 0 aliphatic heterocycles. The molecule has 130 valence electrons. The minimum absolute atomic E-state index is 0.329. The number of aliphatic carboxylic acids is 2. The summed E-state index contributed by atoms with van der Waals surface area (Å²) < 4.78 is 0. The first-order valence-electron chi connectivity index (χ1n) is 6.48. The van der Waals surface area contributed by atoms with E-state index in [0.717, 1.165) is 5.56 Å². The van der Waals surface area contributed by atoms with E-state index in [4.69, 9.17) is 34.8 Å². The van der Waals surface area contributed by atoms with Gasteiger partial charge in [-0.05, 0) is 43.7 Å². The molecule has 2 rings (SSSR count). The summed E-state index contributed by atoms with van der Waals surface area (Å²) in [6, 6.07) is 14.2. The molecule has 0 bridgehead atoms. The van der Waals surface area contributed by atoms with E-state index in [-0.39, 0.29) is 0 Å². The zero-order chi connectivity index (χ0) is 19.1. The molecule has 0 heterocycles. The highest BCUT2D eigenvalue weighted by Crippen LogP contribution is 2.08. The summed E-state index contributed by atoms with van der Waals surface area (Å²) >= 11 is 0. The van der Waals surface area contributed by atoms with Crippen LogP contribution in [0.2, 0.25) is 0 Å². The van der Waals surface area contributed by atoms with Gasteiger partial charge in [-0.2, -0.15) is 0 Å². The van der Waals surface area contributed by atoms with Crippen LogP contribution >= 0.6 is 0 Å². The van der Waals surface area contributed by atoms with Crippen LogP contribution < -0.4 is 0 Å². The van der Waals surface area contributed by atoms with Gasteiger partial charge in [-0.1, -0.05) is 29.8 Å². The molecule has 0 fully saturated rings. The third kappa shape index (κ3) is 13.6. The lowest BCUT2D eigenvalue weighted by atomic mass is 10.2. The number of carboxylic acid groups (broad SMARTS) is 2. The Kier molecular flexibility index (Phi) is 12.7. The van der Waals surface area contributed by atoms with Crippen LogP contribution in [0.5, 0.6) is 11.5 Å². The van der Waals surface area contributed by atoms with Crippen molar-refractivity contribution in [3.05, 3.63) is 59.7 Å². The molecule has 0 unspecified atom stereocenters. The topological polar surface area (TPSA) is 132 Å². The van der Waals surface area contributed by atoms with Gasteiger partial charge in [0.1, 0.15) is 18.3 Å². The van der Waals surface area contributed by atoms with Crippen molar-refractivity contribution in [2.24, 2.45) is 0 Å². The largest absolute Gasteiger partial charge is 0.508 e. The highest BCUT2D eigenvalue weighted by molar-refractivity contribution is 6.27. The lowest BCUT2D eigenvalue weighted by Gasteiger charge is -1.89. The van der Waals surface area contributed by atoms with Gasteiger partial charge in [0.2, 0.25) is 0 Å². The first kappa shape index (κ1) is 22.9. The number of aryl methyl sites for hydroxylation is 2. The Morgan fingerprint density at radius 3 is 1.46 bits per heavy atom. The number of carboxylic acids is 2. The van der Waals surface area contributed by atoms with Crippen molar-refractivity contribution in [2.75, 3.05) is 0 Å². The molecular formula is C17H20O7. The van der Waals surface area contributed by atoms with Gasteiger partial charge in [-0.3, -0.25) is 0 Å². The molecule has 0 aromatic heterocycles. The van der Waals surface area contributed by atoms with Gasteiger partial charge in [-0.25, -0.2) is 9.59 Å². The summed E-state index contributed by atoms with van der Waals surface area (Å²) in [5.74, 6) is -2.98. The van der Waals surface area contributed by atoms with Gasteiger partial charge in [0, 0.05) is 0 Å². The third-order valence-electron chi connectivity index (χ3n) is 2.22. The van der Waals surface area contributed by atoms with Gasteiger partial charge in [0.15, 0.2) is 0 Å². The Morgan fingerprint density at radius 1 is 0.750 bits per heavy atom. The molecule has 0 radical (unpaired) electrons. The molecule has 0 saturated carbocycles. The summed E-state index contributed by atoms with van der Waals surface area (Å²) in [5.41, 5.74) is 2.26. The maximum absolute atomic E-state index is 9.10. The summed E-state index contributed by atoms with van der Waals surface area (Å²) in [4.78, 5) is 26.2. The minimum atomic E-state index is -1.82. The molecule has 7 heteroatoms. The summed E-state index contributed by atoms with van der Waals surface area (Å²) in [7, 11) is 0. The first-order chi connectivity index (χ1) is 11.2. The number of aromatic hydroxyl groups is 2. The fourth-order valence-electron chi connectivity index (χ4n) is 1.17. The molecular weight excluding hydrogens is 316 g/mol. The molecule has 24 heavy (non-hydrogen) atoms. The Labute approximate surface area is 139 Å². The van der Waals surface area contributed by atoms with Crippen LogP contribution in [0.1, 0.15) is 11.1 Å². The number of phenolic OH excluding ortho intramolecular Hbond substituents is 2. The van der Waals surface area contributed by atoms with E-state index in [1.807, 2.05) is 44.9 Å². The monoisotopic (exact) mass is 336 g/mol. The lowest BCUT2D eigenvalue weighted by Crippen LogP contribution is -2.09. The number of carbonyl (C=O) groups is 3. The predicted molar refractivity (Wildman–Crippen MR) is 88.1 cm³/mol. The molecule has 0 aliphatic carbocycles. The average molecular weight is 336 g/mol. The highest BCUT2D eigenvalue weighted by Gasteiger charge is 2.04. The maximum atomic E-state index is 9.10. The van der Waals surface area contributed by atoms with E-state index in [0.29, 0.717) is 11.5 Å². The van der Waals surface area contributed by atoms with Crippen molar-refractivity contribution in [2.45, 2.75) is 13.8 Å². The molecule has 0 atom stereocenters. The van der Waals surface area contributed by atoms with Crippen LogP contribution in [0.25, 0.3) is 0 Å². The zero-order valence-electron chi connectivity index (χ0n) is 13.3. The Hall–Kier alpha value is -3.35. The predicted octanol–water partition coefficient (Wildman–Crippen LogP) is 2.37. The number of phenols is 2. The molecule has 0 spiro atoms. The fraction of sp³-hybridized carbons (Fsp3) is 0.118. The second-order valence-corrected chi connectivity index (χ2v) is 4.28. The van der Waals surface area contributed by atoms with Crippen molar-refractivity contribution in [1.82, 2.24) is 0 Å². The number of rotatable bonds is 0. The summed E-state index contributed by atoms with van der Waals surface area (Å²) in [6.07, 6.45) is 0. The first-order valence-corrected chi connectivity index (χ1v) is 6.48. The van der Waals surface area contributed by atoms with E-state index in [9.17, 15) is 0 Å². The normalized spacial score (nSPS) is 8.08. The van der Waals surface area contributed by atoms with Crippen LogP contribution in [-0.2, 0) is 14.4 Å². The molecule has 0 amide bonds. The maximum Gasteiger partial charge on any atom is 0.414 e. The Morgan fingerprint density at radius 2 is 1.21 bits per heavy atom. The van der Waals surface area contributed by atoms with E-state index in [2.05, 4.69) is 0 Å². The number of benzene rings is 2. The molecule has 7 nitrogen and oxygen atoms in total. The van der Waals surface area contributed by atoms with Crippen LogP contribution in [0.4, 0.5) is 0 Å². The number of carbonyl (C=O) groups excluding carboxylic acids is 1. The minimum Gasteiger partial charge on any atom is -0.508 e. The standard InChI is InChI=1S/2C7H8O.C2H2O4.CH2O/c1-6-2-4-7(8)5-3-6;1-6-3-2-4-7(8)5-6;3-1(4)2(5)6;1-2/h2*2-5,8H,1H3;(H,3,4)(H,5,6);1H2. The summed E-state index contributed by atoms with van der Waals surface area (Å²) in [6.45, 7) is 5.93. The van der Waals surface area contributed by atoms with Crippen molar-refractivity contribution >= 4 is 18.7 Å². The second kappa shape index (κ2) is 13.3. The molecule has 0 aliphatic rings. The lowest BCUT2D eigenvalue weighted by molar-refractivity contribution is -0.159. The third-order valence-corrected chi connectivity index (χ3v) is 2.22. The zero-order valence-corrected chi connectivity index (χ0v) is 13.3. The second-order valence-electron chi connectivity index (χ2n) is 4.28. The van der Waals surface area contributed by atoms with Crippen molar-refractivity contribution in [1.29, 1.82) is 0 Å².